The van der Waals surface area contributed by atoms with E-state index in [1.165, 1.54) is 7.11 Å². The molecule has 2 heterocycles. The van der Waals surface area contributed by atoms with E-state index in [1.54, 1.807) is 6.20 Å². The molecule has 0 aliphatic carbocycles. The van der Waals surface area contributed by atoms with Gasteiger partial charge in [0.2, 0.25) is 0 Å². The number of fused-ring (bicyclic) bond motifs is 1. The highest BCUT2D eigenvalue weighted by atomic mass is 35.5. The number of methoxy groups -OCH3 is 1. The quantitative estimate of drug-likeness (QED) is 0.867. The fourth-order valence-corrected chi connectivity index (χ4v) is 3.03. The third-order valence-electron chi connectivity index (χ3n) is 3.75. The Morgan fingerprint density at radius 1 is 1.33 bits per heavy atom. The molecular weight excluding hydrogens is 290 g/mol. The average Bonchev–Trinajstić information content (AvgIpc) is 2.93. The molecule has 108 valence electrons. The molecule has 0 radical (unpaired) electrons. The number of carbonyl (C=O) groups excluding carboxylic acids is 1. The number of ether oxygens (including phenoxy) is 1. The first-order valence-corrected chi connectivity index (χ1v) is 6.92. The second-order valence-electron chi connectivity index (χ2n) is 4.93. The van der Waals surface area contributed by atoms with Crippen molar-refractivity contribution in [2.75, 3.05) is 7.11 Å². The zero-order chi connectivity index (χ0) is 15.0. The number of aliphatic imine (C=N–C) groups is 1. The maximum Gasteiger partial charge on any atom is 0.315 e. The lowest BCUT2D eigenvalue weighted by Crippen LogP contribution is -2.32. The molecule has 21 heavy (non-hydrogen) atoms. The highest BCUT2D eigenvalue weighted by Gasteiger charge is 2.40. The summed E-state index contributed by atoms with van der Waals surface area (Å²) in [6.45, 7) is 1.81. The number of aromatic amines is 1. The Morgan fingerprint density at radius 3 is 2.81 bits per heavy atom. The summed E-state index contributed by atoms with van der Waals surface area (Å²) < 4.78 is 4.95. The molecule has 6 heteroatoms. The van der Waals surface area contributed by atoms with Crippen LogP contribution in [0.5, 0.6) is 0 Å². The number of H-pyrrole nitrogens is 1. The van der Waals surface area contributed by atoms with Gasteiger partial charge in [-0.15, -0.1) is 0 Å². The second-order valence-corrected chi connectivity index (χ2v) is 5.33. The van der Waals surface area contributed by atoms with Crippen LogP contribution in [0.15, 0.2) is 35.5 Å². The standard InChI is InChI=1S/C15H14ClN3O2/c1-8-12(15(20)21-2)13(9-5-3-4-6-11(9)16)10-7-17-19-14(10)18-8/h3-7,12-13H,1-2H3,(H,17,19). The monoisotopic (exact) mass is 303 g/mol. The lowest BCUT2D eigenvalue weighted by atomic mass is 9.77. The van der Waals surface area contributed by atoms with Crippen molar-refractivity contribution in [1.82, 2.24) is 10.2 Å². The zero-order valence-electron chi connectivity index (χ0n) is 11.6. The molecule has 2 unspecified atom stereocenters. The third kappa shape index (κ3) is 2.23. The number of esters is 1. The van der Waals surface area contributed by atoms with Crippen molar-refractivity contribution in [2.45, 2.75) is 12.8 Å². The first kappa shape index (κ1) is 13.8. The van der Waals surface area contributed by atoms with E-state index < -0.39 is 5.92 Å². The molecule has 2 atom stereocenters. The minimum atomic E-state index is -0.500. The lowest BCUT2D eigenvalue weighted by molar-refractivity contribution is -0.143. The Kier molecular flexibility index (Phi) is 3.51. The number of halogens is 1. The van der Waals surface area contributed by atoms with E-state index >= 15 is 0 Å². The summed E-state index contributed by atoms with van der Waals surface area (Å²) in [7, 11) is 1.38. The van der Waals surface area contributed by atoms with E-state index in [0.29, 0.717) is 16.6 Å². The van der Waals surface area contributed by atoms with Gasteiger partial charge >= 0.3 is 5.97 Å². The van der Waals surface area contributed by atoms with Gasteiger partial charge < -0.3 is 4.74 Å². The minimum Gasteiger partial charge on any atom is -0.468 e. The molecule has 1 N–H and O–H groups in total. The van der Waals surface area contributed by atoms with Crippen molar-refractivity contribution in [3.05, 3.63) is 46.6 Å². The maximum absolute atomic E-state index is 12.2. The van der Waals surface area contributed by atoms with Crippen LogP contribution in [-0.4, -0.2) is 29.0 Å². The highest BCUT2D eigenvalue weighted by Crippen LogP contribution is 2.43. The molecule has 1 aliphatic heterocycles. The van der Waals surface area contributed by atoms with Gasteiger partial charge in [-0.2, -0.15) is 5.10 Å². The molecule has 0 fully saturated rings. The van der Waals surface area contributed by atoms with Gasteiger partial charge in [0.25, 0.3) is 0 Å². The van der Waals surface area contributed by atoms with E-state index in [2.05, 4.69) is 15.2 Å². The minimum absolute atomic E-state index is 0.252. The SMILES string of the molecule is COC(=O)C1C(C)=Nc2[nH]ncc2C1c1ccccc1Cl. The highest BCUT2D eigenvalue weighted by molar-refractivity contribution is 6.31. The molecule has 0 amide bonds. The number of nitrogens with zero attached hydrogens (tertiary/aromatic N) is 2. The van der Waals surface area contributed by atoms with E-state index in [-0.39, 0.29) is 11.9 Å². The molecule has 0 spiro atoms. The van der Waals surface area contributed by atoms with E-state index in [9.17, 15) is 4.79 Å². The van der Waals surface area contributed by atoms with E-state index in [1.807, 2.05) is 31.2 Å². The molecule has 3 rings (SSSR count). The van der Waals surface area contributed by atoms with Crippen molar-refractivity contribution < 1.29 is 9.53 Å². The van der Waals surface area contributed by atoms with Crippen LogP contribution in [0.25, 0.3) is 0 Å². The summed E-state index contributed by atoms with van der Waals surface area (Å²) >= 11 is 6.33. The maximum atomic E-state index is 12.2. The van der Waals surface area contributed by atoms with Gasteiger partial charge in [0, 0.05) is 22.2 Å². The van der Waals surface area contributed by atoms with Gasteiger partial charge in [0.1, 0.15) is 5.92 Å². The largest absolute Gasteiger partial charge is 0.468 e. The van der Waals surface area contributed by atoms with Gasteiger partial charge in [0.15, 0.2) is 5.82 Å². The third-order valence-corrected chi connectivity index (χ3v) is 4.09. The second kappa shape index (κ2) is 5.33. The summed E-state index contributed by atoms with van der Waals surface area (Å²) in [4.78, 5) is 16.6. The van der Waals surface area contributed by atoms with E-state index in [4.69, 9.17) is 16.3 Å². The van der Waals surface area contributed by atoms with Crippen LogP contribution in [0, 0.1) is 5.92 Å². The number of nitrogens with one attached hydrogen (secondary N) is 1. The Bertz CT molecular complexity index is 723. The molecule has 1 aromatic carbocycles. The van der Waals surface area contributed by atoms with E-state index in [0.717, 1.165) is 11.1 Å². The number of rotatable bonds is 2. The van der Waals surface area contributed by atoms with Crippen LogP contribution in [-0.2, 0) is 9.53 Å². The first-order valence-electron chi connectivity index (χ1n) is 6.54. The fourth-order valence-electron chi connectivity index (χ4n) is 2.78. The summed E-state index contributed by atoms with van der Waals surface area (Å²) in [5, 5.41) is 7.50. The van der Waals surface area contributed by atoms with Gasteiger partial charge in [-0.05, 0) is 18.6 Å². The number of aromatic nitrogens is 2. The van der Waals surface area contributed by atoms with Gasteiger partial charge in [0.05, 0.1) is 13.3 Å². The van der Waals surface area contributed by atoms with Crippen molar-refractivity contribution in [3.63, 3.8) is 0 Å². The summed E-state index contributed by atoms with van der Waals surface area (Å²) in [6.07, 6.45) is 1.69. The smallest absolute Gasteiger partial charge is 0.315 e. The molecule has 0 bridgehead atoms. The Morgan fingerprint density at radius 2 is 2.10 bits per heavy atom. The van der Waals surface area contributed by atoms with Crippen molar-refractivity contribution in [3.8, 4) is 0 Å². The molecule has 1 aromatic heterocycles. The van der Waals surface area contributed by atoms with Crippen LogP contribution in [0.3, 0.4) is 0 Å². The van der Waals surface area contributed by atoms with Crippen LogP contribution < -0.4 is 0 Å². The first-order chi connectivity index (χ1) is 10.1. The number of hydrogen-bond acceptors (Lipinski definition) is 4. The van der Waals surface area contributed by atoms with Crippen LogP contribution in [0.4, 0.5) is 5.82 Å². The number of benzene rings is 1. The Hall–Kier alpha value is -2.14. The summed E-state index contributed by atoms with van der Waals surface area (Å²) in [6, 6.07) is 7.49. The van der Waals surface area contributed by atoms with Gasteiger partial charge in [-0.25, -0.2) is 4.99 Å². The predicted octanol–water partition coefficient (Wildman–Crippen LogP) is 3.09. The predicted molar refractivity (Wildman–Crippen MR) is 80.2 cm³/mol. The van der Waals surface area contributed by atoms with Crippen molar-refractivity contribution in [1.29, 1.82) is 0 Å². The van der Waals surface area contributed by atoms with Crippen molar-refractivity contribution in [2.24, 2.45) is 10.9 Å². The number of carbonyl (C=O) groups is 1. The Labute approximate surface area is 127 Å². The molecular formula is C15H14ClN3O2. The molecule has 2 aromatic rings. The van der Waals surface area contributed by atoms with Gasteiger partial charge in [-0.3, -0.25) is 9.89 Å². The van der Waals surface area contributed by atoms with Crippen molar-refractivity contribution >= 4 is 29.1 Å². The summed E-state index contributed by atoms with van der Waals surface area (Å²) in [5.41, 5.74) is 2.40. The molecule has 1 aliphatic rings. The topological polar surface area (TPSA) is 67.3 Å². The Balaban J connectivity index is 2.20. The number of hydrogen-bond donors (Lipinski definition) is 1. The normalized spacial score (nSPS) is 20.6. The van der Waals surface area contributed by atoms with Crippen LogP contribution in [0.1, 0.15) is 24.0 Å². The molecule has 0 saturated carbocycles. The zero-order valence-corrected chi connectivity index (χ0v) is 12.4. The average molecular weight is 304 g/mol. The summed E-state index contributed by atoms with van der Waals surface area (Å²) in [5.74, 6) is -0.414. The fraction of sp³-hybridized carbons (Fsp3) is 0.267. The lowest BCUT2D eigenvalue weighted by Gasteiger charge is -2.29. The molecule has 5 nitrogen and oxygen atoms in total. The molecule has 0 saturated heterocycles. The van der Waals surface area contributed by atoms with Crippen LogP contribution in [0.2, 0.25) is 5.02 Å². The van der Waals surface area contributed by atoms with Gasteiger partial charge in [-0.1, -0.05) is 29.8 Å². The van der Waals surface area contributed by atoms with Crippen LogP contribution >= 0.6 is 11.6 Å².